The first-order valence-electron chi connectivity index (χ1n) is 13.1. The minimum absolute atomic E-state index is 0.0356. The van der Waals surface area contributed by atoms with Gasteiger partial charge in [-0.25, -0.2) is 4.99 Å². The van der Waals surface area contributed by atoms with E-state index in [-0.39, 0.29) is 23.4 Å². The van der Waals surface area contributed by atoms with Gasteiger partial charge in [0, 0.05) is 55.0 Å². The molecule has 3 aliphatic heterocycles. The molecular formula is C28H36N6O2. The summed E-state index contributed by atoms with van der Waals surface area (Å²) in [5.74, 6) is 0.859. The van der Waals surface area contributed by atoms with Crippen molar-refractivity contribution in [1.82, 2.24) is 15.2 Å². The number of aromatic nitrogens is 1. The zero-order valence-electron chi connectivity index (χ0n) is 21.5. The Bertz CT molecular complexity index is 1170. The van der Waals surface area contributed by atoms with Gasteiger partial charge in [0.25, 0.3) is 0 Å². The third-order valence-corrected chi connectivity index (χ3v) is 7.54. The lowest BCUT2D eigenvalue weighted by atomic mass is 9.69. The van der Waals surface area contributed by atoms with Crippen molar-refractivity contribution in [2.24, 2.45) is 20.6 Å². The van der Waals surface area contributed by atoms with Crippen molar-refractivity contribution < 1.29 is 9.53 Å². The molecule has 5 rings (SSSR count). The summed E-state index contributed by atoms with van der Waals surface area (Å²) in [4.78, 5) is 24.8. The van der Waals surface area contributed by atoms with Crippen molar-refractivity contribution in [3.8, 4) is 0 Å². The molecule has 4 heterocycles. The van der Waals surface area contributed by atoms with Crippen molar-refractivity contribution in [1.29, 1.82) is 0 Å². The molecule has 1 fully saturated rings. The zero-order valence-corrected chi connectivity index (χ0v) is 21.5. The summed E-state index contributed by atoms with van der Waals surface area (Å²) in [6, 6.07) is 4.27. The Balaban J connectivity index is 1.20. The molecule has 1 aromatic rings. The maximum absolute atomic E-state index is 13.4. The minimum Gasteiger partial charge on any atom is -0.481 e. The van der Waals surface area contributed by atoms with E-state index in [1.165, 1.54) is 0 Å². The maximum atomic E-state index is 13.4. The van der Waals surface area contributed by atoms with Crippen LogP contribution in [-0.2, 0) is 9.53 Å². The number of nitrogens with zero attached hydrogens (tertiary/aromatic N) is 5. The number of dihydropyridines is 1. The highest BCUT2D eigenvalue weighted by Gasteiger charge is 2.44. The number of amides is 1. The molecule has 0 saturated carbocycles. The van der Waals surface area contributed by atoms with Gasteiger partial charge in [0.05, 0.1) is 29.5 Å². The second kappa shape index (κ2) is 10.5. The van der Waals surface area contributed by atoms with E-state index in [0.717, 1.165) is 73.0 Å². The summed E-state index contributed by atoms with van der Waals surface area (Å²) in [7, 11) is 0. The minimum atomic E-state index is -0.364. The molecule has 8 nitrogen and oxygen atoms in total. The summed E-state index contributed by atoms with van der Waals surface area (Å²) in [5.41, 5.74) is 4.40. The van der Waals surface area contributed by atoms with Gasteiger partial charge in [-0.2, -0.15) is 10.2 Å². The molecule has 4 aliphatic rings. The number of rotatable bonds is 6. The van der Waals surface area contributed by atoms with Crippen LogP contribution in [0.25, 0.3) is 0 Å². The van der Waals surface area contributed by atoms with E-state index in [9.17, 15) is 4.79 Å². The molecule has 1 amide bonds. The highest BCUT2D eigenvalue weighted by molar-refractivity contribution is 6.22. The number of nitrogens with one attached hydrogen (secondary N) is 1. The van der Waals surface area contributed by atoms with Gasteiger partial charge in [0.1, 0.15) is 0 Å². The second-order valence-corrected chi connectivity index (χ2v) is 10.4. The Kier molecular flexibility index (Phi) is 7.14. The molecule has 8 heteroatoms. The number of aliphatic imine (C=N–C) groups is 1. The monoisotopic (exact) mass is 488 g/mol. The molecule has 36 heavy (non-hydrogen) atoms. The van der Waals surface area contributed by atoms with Crippen molar-refractivity contribution in [3.05, 3.63) is 53.4 Å². The lowest BCUT2D eigenvalue weighted by Gasteiger charge is -2.36. The van der Waals surface area contributed by atoms with E-state index < -0.39 is 0 Å². The van der Waals surface area contributed by atoms with Crippen LogP contribution in [0.3, 0.4) is 0 Å². The number of allylic oxidation sites excluding steroid dienone is 1. The molecule has 190 valence electrons. The molecular weight excluding hydrogens is 452 g/mol. The van der Waals surface area contributed by atoms with E-state index in [1.54, 1.807) is 0 Å². The molecule has 3 unspecified atom stereocenters. The van der Waals surface area contributed by atoms with Crippen LogP contribution in [0.4, 0.5) is 0 Å². The number of carbonyl (C=O) groups excluding carboxylic acids is 1. The summed E-state index contributed by atoms with van der Waals surface area (Å²) < 4.78 is 5.62. The van der Waals surface area contributed by atoms with Crippen molar-refractivity contribution in [2.75, 3.05) is 26.2 Å². The highest BCUT2D eigenvalue weighted by Crippen LogP contribution is 2.41. The summed E-state index contributed by atoms with van der Waals surface area (Å²) >= 11 is 0. The number of hydrogen-bond donors (Lipinski definition) is 1. The van der Waals surface area contributed by atoms with Crippen LogP contribution >= 0.6 is 0 Å². The third-order valence-electron chi connectivity index (χ3n) is 7.54. The number of hydrogen-bond acceptors (Lipinski definition) is 7. The van der Waals surface area contributed by atoms with Gasteiger partial charge in [-0.05, 0) is 58.7 Å². The lowest BCUT2D eigenvalue weighted by molar-refractivity contribution is -0.118. The fraction of sp³-hybridized carbons (Fsp3) is 0.536. The van der Waals surface area contributed by atoms with Crippen molar-refractivity contribution >= 4 is 23.2 Å². The van der Waals surface area contributed by atoms with Crippen LogP contribution < -0.4 is 5.32 Å². The smallest absolute Gasteiger partial charge is 0.247 e. The van der Waals surface area contributed by atoms with Crippen LogP contribution in [0, 0.1) is 12.3 Å². The van der Waals surface area contributed by atoms with Crippen molar-refractivity contribution in [2.45, 2.75) is 65.0 Å². The van der Waals surface area contributed by atoms with Crippen LogP contribution in [0.5, 0.6) is 0 Å². The molecule has 0 aromatic carbocycles. The highest BCUT2D eigenvalue weighted by atomic mass is 16.5. The second-order valence-electron chi connectivity index (χ2n) is 10.4. The molecule has 3 atom stereocenters. The molecule has 0 bridgehead atoms. The van der Waals surface area contributed by atoms with Gasteiger partial charge in [-0.3, -0.25) is 14.7 Å². The van der Waals surface area contributed by atoms with Crippen LogP contribution in [-0.4, -0.2) is 71.4 Å². The van der Waals surface area contributed by atoms with E-state index in [2.05, 4.69) is 44.5 Å². The molecule has 0 spiro atoms. The number of piperidine rings is 1. The predicted octanol–water partition coefficient (Wildman–Crippen LogP) is 3.62. The number of fused-ring (bicyclic) bond motifs is 1. The van der Waals surface area contributed by atoms with Gasteiger partial charge in [0.2, 0.25) is 5.91 Å². The normalized spacial score (nSPS) is 28.0. The Morgan fingerprint density at radius 2 is 2.19 bits per heavy atom. The number of aryl methyl sites for hydroxylation is 1. The van der Waals surface area contributed by atoms with Gasteiger partial charge in [-0.1, -0.05) is 18.2 Å². The average Bonchev–Trinajstić information content (AvgIpc) is 3.21. The summed E-state index contributed by atoms with van der Waals surface area (Å²) in [5, 5.41) is 12.3. The molecule has 0 radical (unpaired) electrons. The van der Waals surface area contributed by atoms with Gasteiger partial charge in [-0.15, -0.1) is 0 Å². The number of ether oxygens (including phenoxy) is 1. The number of pyridine rings is 1. The number of carbonyl (C=O) groups is 1. The summed E-state index contributed by atoms with van der Waals surface area (Å²) in [6.45, 7) is 9.50. The Labute approximate surface area is 213 Å². The molecule has 1 aliphatic carbocycles. The Hall–Kier alpha value is -3.13. The maximum Gasteiger partial charge on any atom is 0.247 e. The summed E-state index contributed by atoms with van der Waals surface area (Å²) in [6.07, 6.45) is 12.3. The van der Waals surface area contributed by atoms with Crippen molar-refractivity contribution in [3.63, 3.8) is 0 Å². The molecule has 1 aromatic heterocycles. The predicted molar refractivity (Wildman–Crippen MR) is 143 cm³/mol. The Morgan fingerprint density at radius 3 is 3.03 bits per heavy atom. The largest absolute Gasteiger partial charge is 0.481 e. The zero-order chi connectivity index (χ0) is 25.1. The quantitative estimate of drug-likeness (QED) is 0.619. The topological polar surface area (TPSA) is 91.5 Å². The van der Waals surface area contributed by atoms with Crippen LogP contribution in [0.15, 0.2) is 57.3 Å². The van der Waals surface area contributed by atoms with E-state index >= 15 is 0 Å². The number of likely N-dealkylation sites (tertiary alicyclic amines) is 1. The molecule has 1 saturated heterocycles. The third kappa shape index (κ3) is 5.19. The van der Waals surface area contributed by atoms with E-state index in [1.807, 2.05) is 38.3 Å². The first-order chi connectivity index (χ1) is 17.4. The first kappa shape index (κ1) is 24.6. The SMILES string of the molecule is CCOC1=NC(CN2CCCC(NC(=O)C3=CCC4=NN=C(c5ccnc(C)c5)C4(C)C3)C2)C=CC1. The first-order valence-corrected chi connectivity index (χ1v) is 13.1. The van der Waals surface area contributed by atoms with Crippen LogP contribution in [0.1, 0.15) is 57.2 Å². The fourth-order valence-electron chi connectivity index (χ4n) is 5.69. The van der Waals surface area contributed by atoms with Crippen LogP contribution in [0.2, 0.25) is 0 Å². The standard InChI is InChI=1S/C28H36N6O2/c1-4-36-25-9-5-7-22(30-25)17-34-14-6-8-23(18-34)31-27(35)21-10-11-24-28(3,16-21)26(33-32-24)20-12-13-29-19(2)15-20/h5,7,10,12-13,15,22-23H,4,6,8-9,11,14,16-18H2,1-3H3,(H,31,35). The van der Waals surface area contributed by atoms with Gasteiger partial charge in [0.15, 0.2) is 5.90 Å². The molecule has 1 N–H and O–H groups in total. The van der Waals surface area contributed by atoms with Gasteiger partial charge < -0.3 is 10.1 Å². The Morgan fingerprint density at radius 1 is 1.31 bits per heavy atom. The van der Waals surface area contributed by atoms with E-state index in [4.69, 9.17) is 9.73 Å². The van der Waals surface area contributed by atoms with E-state index in [0.29, 0.717) is 19.4 Å². The fourth-order valence-corrected chi connectivity index (χ4v) is 5.69. The lowest BCUT2D eigenvalue weighted by Crippen LogP contribution is -2.50. The van der Waals surface area contributed by atoms with Gasteiger partial charge >= 0.3 is 0 Å². The average molecular weight is 489 g/mol.